The molecule has 0 amide bonds. The number of fused-ring (bicyclic) bond motifs is 1. The Hall–Kier alpha value is -1.48. The van der Waals surface area contributed by atoms with Crippen molar-refractivity contribution in [3.8, 4) is 5.75 Å². The summed E-state index contributed by atoms with van der Waals surface area (Å²) in [5.74, 6) is 0.951. The van der Waals surface area contributed by atoms with Gasteiger partial charge in [0.2, 0.25) is 0 Å². The maximum atomic E-state index is 5.40. The van der Waals surface area contributed by atoms with Crippen molar-refractivity contribution in [2.24, 2.45) is 0 Å². The van der Waals surface area contributed by atoms with E-state index in [2.05, 4.69) is 36.2 Å². The number of likely N-dealkylation sites (N-methyl/N-ethyl adjacent to an activating group) is 1. The van der Waals surface area contributed by atoms with Crippen LogP contribution in [0.3, 0.4) is 0 Å². The second-order valence-corrected chi connectivity index (χ2v) is 4.25. The van der Waals surface area contributed by atoms with Gasteiger partial charge in [-0.3, -0.25) is 0 Å². The highest BCUT2D eigenvalue weighted by atomic mass is 16.5. The molecule has 16 heavy (non-hydrogen) atoms. The van der Waals surface area contributed by atoms with E-state index in [1.165, 1.54) is 10.9 Å². The molecule has 0 unspecified atom stereocenters. The van der Waals surface area contributed by atoms with Crippen LogP contribution in [0.15, 0.2) is 24.4 Å². The van der Waals surface area contributed by atoms with Gasteiger partial charge < -0.3 is 14.6 Å². The van der Waals surface area contributed by atoms with Crippen molar-refractivity contribution < 1.29 is 4.74 Å². The van der Waals surface area contributed by atoms with Gasteiger partial charge in [0.15, 0.2) is 0 Å². The Labute approximate surface area is 96.0 Å². The van der Waals surface area contributed by atoms with E-state index in [-0.39, 0.29) is 0 Å². The summed E-state index contributed by atoms with van der Waals surface area (Å²) in [7, 11) is 5.90. The molecule has 0 aliphatic rings. The van der Waals surface area contributed by atoms with E-state index in [4.69, 9.17) is 4.74 Å². The van der Waals surface area contributed by atoms with Crippen molar-refractivity contribution in [2.75, 3.05) is 27.7 Å². The zero-order chi connectivity index (χ0) is 11.5. The van der Waals surface area contributed by atoms with Gasteiger partial charge in [0.1, 0.15) is 5.75 Å². The minimum atomic E-state index is 0.951. The zero-order valence-corrected chi connectivity index (χ0v) is 10.1. The molecule has 86 valence electrons. The molecule has 1 aromatic carbocycles. The second-order valence-electron chi connectivity index (χ2n) is 4.25. The lowest BCUT2D eigenvalue weighted by Crippen LogP contribution is -2.14. The molecule has 2 rings (SSSR count). The number of benzene rings is 1. The predicted molar refractivity (Wildman–Crippen MR) is 67.1 cm³/mol. The van der Waals surface area contributed by atoms with Gasteiger partial charge in [0.25, 0.3) is 0 Å². The van der Waals surface area contributed by atoms with Crippen molar-refractivity contribution in [2.45, 2.75) is 6.42 Å². The first-order valence-electron chi connectivity index (χ1n) is 5.50. The number of hydrogen-bond acceptors (Lipinski definition) is 2. The highest BCUT2D eigenvalue weighted by molar-refractivity contribution is 5.89. The number of aromatic nitrogens is 1. The van der Waals surface area contributed by atoms with Crippen LogP contribution in [-0.4, -0.2) is 37.6 Å². The molecule has 0 spiro atoms. The van der Waals surface area contributed by atoms with Gasteiger partial charge in [0.05, 0.1) is 7.11 Å². The lowest BCUT2D eigenvalue weighted by molar-refractivity contribution is 0.411. The van der Waals surface area contributed by atoms with E-state index in [0.29, 0.717) is 0 Å². The fourth-order valence-electron chi connectivity index (χ4n) is 1.93. The van der Waals surface area contributed by atoms with Gasteiger partial charge >= 0.3 is 0 Å². The Balaban J connectivity index is 2.38. The molecule has 3 nitrogen and oxygen atoms in total. The van der Waals surface area contributed by atoms with Crippen LogP contribution in [0.5, 0.6) is 5.75 Å². The fourth-order valence-corrected chi connectivity index (χ4v) is 1.93. The SMILES string of the molecule is COc1cccc2[nH]cc(CCN([13CH3])[13CH3])c12. The Kier molecular flexibility index (Phi) is 3.15. The largest absolute Gasteiger partial charge is 0.496 e. The fraction of sp³-hybridized carbons (Fsp3) is 0.385. The molecule has 0 radical (unpaired) electrons. The molecule has 0 saturated carbocycles. The first kappa shape index (κ1) is 11.0. The lowest BCUT2D eigenvalue weighted by atomic mass is 10.1. The van der Waals surface area contributed by atoms with E-state index in [1.54, 1.807) is 7.11 Å². The molecule has 0 aliphatic heterocycles. The summed E-state index contributed by atoms with van der Waals surface area (Å²) in [6.07, 6.45) is 3.12. The first-order valence-corrected chi connectivity index (χ1v) is 5.50. The Morgan fingerprint density at radius 3 is 2.81 bits per heavy atom. The zero-order valence-electron chi connectivity index (χ0n) is 10.1. The summed E-state index contributed by atoms with van der Waals surface area (Å²) in [4.78, 5) is 5.48. The lowest BCUT2D eigenvalue weighted by Gasteiger charge is -2.09. The summed E-state index contributed by atoms with van der Waals surface area (Å²) < 4.78 is 5.40. The van der Waals surface area contributed by atoms with Crippen molar-refractivity contribution in [3.63, 3.8) is 0 Å². The normalized spacial score (nSPS) is 11.2. The summed E-state index contributed by atoms with van der Waals surface area (Å²) in [6, 6.07) is 6.10. The molecule has 0 atom stereocenters. The smallest absolute Gasteiger partial charge is 0.128 e. The first-order chi connectivity index (χ1) is 7.72. The van der Waals surface area contributed by atoms with Crippen LogP contribution in [0.1, 0.15) is 5.56 Å². The van der Waals surface area contributed by atoms with Crippen molar-refractivity contribution in [1.82, 2.24) is 9.88 Å². The summed E-state index contributed by atoms with van der Waals surface area (Å²) >= 11 is 0. The summed E-state index contributed by atoms with van der Waals surface area (Å²) in [5, 5.41) is 1.21. The summed E-state index contributed by atoms with van der Waals surface area (Å²) in [6.45, 7) is 1.05. The molecule has 1 aromatic heterocycles. The molecule has 0 saturated heterocycles. The third kappa shape index (κ3) is 2.04. The summed E-state index contributed by atoms with van der Waals surface area (Å²) in [5.41, 5.74) is 2.47. The average molecular weight is 220 g/mol. The third-order valence-electron chi connectivity index (χ3n) is 2.80. The number of ether oxygens (including phenoxy) is 1. The van der Waals surface area contributed by atoms with E-state index in [9.17, 15) is 0 Å². The van der Waals surface area contributed by atoms with Gasteiger partial charge in [-0.2, -0.15) is 0 Å². The number of H-pyrrole nitrogens is 1. The Morgan fingerprint density at radius 1 is 1.31 bits per heavy atom. The van der Waals surface area contributed by atoms with Gasteiger partial charge in [-0.1, -0.05) is 6.07 Å². The number of methoxy groups -OCH3 is 1. The average Bonchev–Trinajstić information content (AvgIpc) is 2.69. The molecule has 0 fully saturated rings. The standard InChI is InChI=1S/C13H18N2O/c1-15(2)8-7-10-9-14-11-5-4-6-12(16-3)13(10)11/h4-6,9,14H,7-8H2,1-3H3/i1+1,2+1. The van der Waals surface area contributed by atoms with Crippen molar-refractivity contribution >= 4 is 10.9 Å². The molecule has 0 aliphatic carbocycles. The highest BCUT2D eigenvalue weighted by Gasteiger charge is 2.08. The highest BCUT2D eigenvalue weighted by Crippen LogP contribution is 2.28. The maximum absolute atomic E-state index is 5.40. The van der Waals surface area contributed by atoms with Gasteiger partial charge in [0, 0.05) is 23.6 Å². The molecular formula is C13H18N2O. The van der Waals surface area contributed by atoms with Crippen LogP contribution < -0.4 is 4.74 Å². The molecular weight excluding hydrogens is 202 g/mol. The topological polar surface area (TPSA) is 28.3 Å². The van der Waals surface area contributed by atoms with Crippen LogP contribution >= 0.6 is 0 Å². The quantitative estimate of drug-likeness (QED) is 0.801. The van der Waals surface area contributed by atoms with Crippen molar-refractivity contribution in [3.05, 3.63) is 30.0 Å². The molecule has 1 heterocycles. The van der Waals surface area contributed by atoms with Crippen LogP contribution in [0.2, 0.25) is 0 Å². The van der Waals surface area contributed by atoms with Crippen molar-refractivity contribution in [1.29, 1.82) is 0 Å². The second kappa shape index (κ2) is 4.58. The number of nitrogens with one attached hydrogen (secondary N) is 1. The number of hydrogen-bond donors (Lipinski definition) is 1. The Morgan fingerprint density at radius 2 is 2.12 bits per heavy atom. The number of nitrogens with zero attached hydrogens (tertiary/aromatic N) is 1. The van der Waals surface area contributed by atoms with Crippen LogP contribution in [0, 0.1) is 0 Å². The van der Waals surface area contributed by atoms with Gasteiger partial charge in [-0.25, -0.2) is 0 Å². The van der Waals surface area contributed by atoms with Crippen LogP contribution in [0.4, 0.5) is 0 Å². The van der Waals surface area contributed by atoms with Crippen LogP contribution in [0.25, 0.3) is 10.9 Å². The monoisotopic (exact) mass is 220 g/mol. The minimum Gasteiger partial charge on any atom is -0.496 e. The predicted octanol–water partition coefficient (Wildman–Crippen LogP) is 2.28. The van der Waals surface area contributed by atoms with E-state index in [0.717, 1.165) is 24.2 Å². The molecule has 0 bridgehead atoms. The third-order valence-corrected chi connectivity index (χ3v) is 2.80. The molecule has 1 N–H and O–H groups in total. The number of rotatable bonds is 4. The number of aromatic amines is 1. The van der Waals surface area contributed by atoms with E-state index in [1.807, 2.05) is 12.1 Å². The minimum absolute atomic E-state index is 0.951. The Bertz CT molecular complexity index is 474. The van der Waals surface area contributed by atoms with Crippen LogP contribution in [-0.2, 0) is 6.42 Å². The van der Waals surface area contributed by atoms with E-state index >= 15 is 0 Å². The molecule has 3 heteroatoms. The van der Waals surface area contributed by atoms with E-state index < -0.39 is 0 Å². The molecule has 2 aromatic rings. The maximum Gasteiger partial charge on any atom is 0.128 e. The van der Waals surface area contributed by atoms with Gasteiger partial charge in [-0.15, -0.1) is 0 Å². The van der Waals surface area contributed by atoms with Gasteiger partial charge in [-0.05, 0) is 38.2 Å².